The van der Waals surface area contributed by atoms with Crippen molar-refractivity contribution in [3.05, 3.63) is 40.4 Å². The molecule has 2 aromatic rings. The van der Waals surface area contributed by atoms with Gasteiger partial charge in [-0.05, 0) is 69.3 Å². The summed E-state index contributed by atoms with van der Waals surface area (Å²) in [6, 6.07) is 6.16. The summed E-state index contributed by atoms with van der Waals surface area (Å²) in [4.78, 5) is 2.27. The van der Waals surface area contributed by atoms with Gasteiger partial charge in [0.15, 0.2) is 5.82 Å². The van der Waals surface area contributed by atoms with Gasteiger partial charge in [-0.2, -0.15) is 0 Å². The second kappa shape index (κ2) is 8.34. The van der Waals surface area contributed by atoms with Crippen LogP contribution in [0.3, 0.4) is 0 Å². The molecule has 0 amide bonds. The fourth-order valence-corrected chi connectivity index (χ4v) is 5.18. The fraction of sp³-hybridized carbons (Fsp3) is 0.636. The van der Waals surface area contributed by atoms with Crippen LogP contribution in [-0.2, 0) is 22.6 Å². The summed E-state index contributed by atoms with van der Waals surface area (Å²) in [6.07, 6.45) is 7.21. The van der Waals surface area contributed by atoms with Crippen molar-refractivity contribution in [2.75, 3.05) is 20.3 Å². The van der Waals surface area contributed by atoms with Gasteiger partial charge in [0.05, 0.1) is 24.4 Å². The molecule has 7 heteroatoms. The first-order chi connectivity index (χ1) is 14.2. The maximum absolute atomic E-state index is 6.37. The van der Waals surface area contributed by atoms with Gasteiger partial charge in [0.1, 0.15) is 5.82 Å². The molecule has 3 aliphatic rings. The molecule has 1 saturated heterocycles. The Morgan fingerprint density at radius 3 is 2.55 bits per heavy atom. The second-order valence-corrected chi connectivity index (χ2v) is 9.11. The molecule has 3 heterocycles. The molecule has 2 aliphatic heterocycles. The first kappa shape index (κ1) is 19.5. The van der Waals surface area contributed by atoms with E-state index in [4.69, 9.17) is 21.1 Å². The average molecular weight is 417 g/mol. The summed E-state index contributed by atoms with van der Waals surface area (Å²) in [5.74, 6) is 2.55. The molecule has 0 radical (unpaired) electrons. The largest absolute Gasteiger partial charge is 0.381 e. The van der Waals surface area contributed by atoms with Gasteiger partial charge in [0.2, 0.25) is 0 Å². The van der Waals surface area contributed by atoms with Crippen LogP contribution in [0.5, 0.6) is 0 Å². The Morgan fingerprint density at radius 2 is 1.76 bits per heavy atom. The number of hydrogen-bond acceptors (Lipinski definition) is 5. The Bertz CT molecular complexity index is 856. The third kappa shape index (κ3) is 4.08. The number of ether oxygens (including phenoxy) is 2. The highest BCUT2D eigenvalue weighted by atomic mass is 35.5. The minimum atomic E-state index is 0.373. The predicted octanol–water partition coefficient (Wildman–Crippen LogP) is 4.09. The van der Waals surface area contributed by atoms with Gasteiger partial charge in [0.25, 0.3) is 0 Å². The lowest BCUT2D eigenvalue weighted by atomic mass is 9.86. The first-order valence-corrected chi connectivity index (χ1v) is 11.2. The van der Waals surface area contributed by atoms with Crippen molar-refractivity contribution in [3.63, 3.8) is 0 Å². The predicted molar refractivity (Wildman–Crippen MR) is 111 cm³/mol. The molecule has 6 nitrogen and oxygen atoms in total. The van der Waals surface area contributed by atoms with Crippen LogP contribution in [0.2, 0.25) is 5.02 Å². The number of rotatable bonds is 3. The Labute approximate surface area is 177 Å². The lowest BCUT2D eigenvalue weighted by molar-refractivity contribution is -0.0796. The molecule has 0 atom stereocenters. The van der Waals surface area contributed by atoms with Crippen LogP contribution in [0.25, 0.3) is 5.69 Å². The van der Waals surface area contributed by atoms with Crippen LogP contribution in [0.1, 0.15) is 61.7 Å². The number of aromatic nitrogens is 3. The van der Waals surface area contributed by atoms with E-state index in [-0.39, 0.29) is 0 Å². The van der Waals surface area contributed by atoms with Crippen LogP contribution in [0.4, 0.5) is 0 Å². The molecule has 156 valence electrons. The van der Waals surface area contributed by atoms with Gasteiger partial charge >= 0.3 is 0 Å². The van der Waals surface area contributed by atoms with Crippen LogP contribution < -0.4 is 0 Å². The van der Waals surface area contributed by atoms with Crippen LogP contribution in [0, 0.1) is 0 Å². The molecule has 1 saturated carbocycles. The minimum absolute atomic E-state index is 0.373. The fourth-order valence-electron chi connectivity index (χ4n) is 4.99. The molecule has 0 bridgehead atoms. The van der Waals surface area contributed by atoms with Crippen molar-refractivity contribution in [3.8, 4) is 5.69 Å². The van der Waals surface area contributed by atoms with E-state index < -0.39 is 0 Å². The van der Waals surface area contributed by atoms with Crippen molar-refractivity contribution in [2.24, 2.45) is 0 Å². The van der Waals surface area contributed by atoms with E-state index in [1.807, 2.05) is 6.07 Å². The summed E-state index contributed by atoms with van der Waals surface area (Å²) in [7, 11) is 2.12. The summed E-state index contributed by atoms with van der Waals surface area (Å²) < 4.78 is 14.1. The lowest BCUT2D eigenvalue weighted by Gasteiger charge is -2.32. The van der Waals surface area contributed by atoms with Gasteiger partial charge in [0, 0.05) is 30.7 Å². The van der Waals surface area contributed by atoms with Gasteiger partial charge in [-0.15, -0.1) is 10.2 Å². The maximum atomic E-state index is 6.37. The summed E-state index contributed by atoms with van der Waals surface area (Å²) in [6.45, 7) is 3.33. The van der Waals surface area contributed by atoms with Crippen LogP contribution >= 0.6 is 11.6 Å². The van der Waals surface area contributed by atoms with E-state index in [0.29, 0.717) is 18.1 Å². The van der Waals surface area contributed by atoms with Crippen molar-refractivity contribution < 1.29 is 9.47 Å². The number of halogens is 1. The average Bonchev–Trinajstić information content (AvgIpc) is 3.06. The minimum Gasteiger partial charge on any atom is -0.381 e. The molecule has 0 spiro atoms. The number of benzene rings is 1. The van der Waals surface area contributed by atoms with E-state index in [9.17, 15) is 0 Å². The van der Waals surface area contributed by atoms with Crippen molar-refractivity contribution in [1.29, 1.82) is 0 Å². The maximum Gasteiger partial charge on any atom is 0.151 e. The quantitative estimate of drug-likeness (QED) is 0.754. The van der Waals surface area contributed by atoms with Crippen LogP contribution in [-0.4, -0.2) is 52.1 Å². The number of hydrogen-bond donors (Lipinski definition) is 0. The molecule has 2 fully saturated rings. The highest BCUT2D eigenvalue weighted by Crippen LogP contribution is 2.37. The van der Waals surface area contributed by atoms with E-state index in [2.05, 4.69) is 38.8 Å². The molecule has 5 rings (SSSR count). The number of nitrogens with zero attached hydrogens (tertiary/aromatic N) is 4. The van der Waals surface area contributed by atoms with E-state index in [1.165, 1.54) is 11.3 Å². The van der Waals surface area contributed by atoms with Gasteiger partial charge in [-0.1, -0.05) is 11.6 Å². The SMILES string of the molecule is CN1Cc2cc(Cl)ccc2-n2c(nnc2[C@H]2CC[C@@H](OC3CCOCC3)CC2)C1. The zero-order chi connectivity index (χ0) is 19.8. The molecule has 1 aromatic heterocycles. The zero-order valence-electron chi connectivity index (χ0n) is 17.0. The smallest absolute Gasteiger partial charge is 0.151 e. The van der Waals surface area contributed by atoms with Crippen molar-refractivity contribution >= 4 is 11.6 Å². The zero-order valence-corrected chi connectivity index (χ0v) is 17.8. The standard InChI is InChI=1S/C22H29ClN4O2/c1-26-13-16-12-17(23)4-7-20(16)27-21(14-26)24-25-22(27)15-2-5-18(6-3-15)29-19-8-10-28-11-9-19/h4,7,12,15,18-19H,2-3,5-6,8-11,13-14H2,1H3/t15-,18+. The molecule has 29 heavy (non-hydrogen) atoms. The Hall–Kier alpha value is -1.47. The molecular weight excluding hydrogens is 388 g/mol. The molecular formula is C22H29ClN4O2. The monoisotopic (exact) mass is 416 g/mol. The normalized spacial score (nSPS) is 26.0. The van der Waals surface area contributed by atoms with Crippen molar-refractivity contribution in [2.45, 2.75) is 69.7 Å². The summed E-state index contributed by atoms with van der Waals surface area (Å²) >= 11 is 6.28. The third-order valence-corrected chi connectivity index (χ3v) is 6.72. The van der Waals surface area contributed by atoms with E-state index in [0.717, 1.165) is 81.5 Å². The van der Waals surface area contributed by atoms with Gasteiger partial charge < -0.3 is 9.47 Å². The van der Waals surface area contributed by atoms with Gasteiger partial charge in [-0.3, -0.25) is 9.47 Å². The Morgan fingerprint density at radius 1 is 1.00 bits per heavy atom. The lowest BCUT2D eigenvalue weighted by Crippen LogP contribution is -2.31. The van der Waals surface area contributed by atoms with E-state index >= 15 is 0 Å². The third-order valence-electron chi connectivity index (χ3n) is 6.48. The second-order valence-electron chi connectivity index (χ2n) is 8.68. The number of fused-ring (bicyclic) bond motifs is 3. The summed E-state index contributed by atoms with van der Waals surface area (Å²) in [5, 5.41) is 10.0. The Kier molecular flexibility index (Phi) is 5.61. The first-order valence-electron chi connectivity index (χ1n) is 10.8. The van der Waals surface area contributed by atoms with E-state index in [1.54, 1.807) is 0 Å². The summed E-state index contributed by atoms with van der Waals surface area (Å²) in [5.41, 5.74) is 2.41. The highest BCUT2D eigenvalue weighted by molar-refractivity contribution is 6.30. The van der Waals surface area contributed by atoms with Crippen molar-refractivity contribution in [1.82, 2.24) is 19.7 Å². The molecule has 1 aromatic carbocycles. The Balaban J connectivity index is 1.34. The molecule has 0 N–H and O–H groups in total. The molecule has 0 unspecified atom stereocenters. The molecule has 1 aliphatic carbocycles. The topological polar surface area (TPSA) is 52.4 Å². The van der Waals surface area contributed by atoms with Gasteiger partial charge in [-0.25, -0.2) is 0 Å². The van der Waals surface area contributed by atoms with Crippen LogP contribution in [0.15, 0.2) is 18.2 Å². The highest BCUT2D eigenvalue weighted by Gasteiger charge is 2.31.